The Kier molecular flexibility index (Phi) is 3.91. The van der Waals surface area contributed by atoms with Gasteiger partial charge in [0.25, 0.3) is 11.8 Å². The summed E-state index contributed by atoms with van der Waals surface area (Å²) in [5.74, 6) is -0.196. The second kappa shape index (κ2) is 6.01. The molecule has 0 spiro atoms. The van der Waals surface area contributed by atoms with Crippen molar-refractivity contribution in [2.24, 2.45) is 0 Å². The van der Waals surface area contributed by atoms with Crippen molar-refractivity contribution in [3.63, 3.8) is 0 Å². The van der Waals surface area contributed by atoms with Crippen LogP contribution in [0.15, 0.2) is 30.6 Å². The highest BCUT2D eigenvalue weighted by atomic mass is 16.7. The lowest BCUT2D eigenvalue weighted by Gasteiger charge is -2.10. The summed E-state index contributed by atoms with van der Waals surface area (Å²) < 4.78 is 0. The van der Waals surface area contributed by atoms with Crippen molar-refractivity contribution in [1.29, 1.82) is 0 Å². The summed E-state index contributed by atoms with van der Waals surface area (Å²) in [6.07, 6.45) is 7.15. The standard InChI is InChI=1S/C16H17N3O3/c1-2-3-4-6-11-9-12(22-19-8-5-7-17-19)10-13-14(11)16(21)18-15(13)20/h5,7-10H,2-4,6H2,1H3,(H,18,20,21). The molecule has 3 rings (SSSR count). The monoisotopic (exact) mass is 299 g/mol. The molecule has 1 aromatic heterocycles. The molecule has 0 atom stereocenters. The zero-order valence-corrected chi connectivity index (χ0v) is 12.3. The number of unbranched alkanes of at least 4 members (excludes halogenated alkanes) is 2. The van der Waals surface area contributed by atoms with Crippen molar-refractivity contribution in [1.82, 2.24) is 15.3 Å². The molecule has 2 heterocycles. The van der Waals surface area contributed by atoms with E-state index in [0.29, 0.717) is 16.9 Å². The van der Waals surface area contributed by atoms with Crippen LogP contribution in [-0.2, 0) is 6.42 Å². The van der Waals surface area contributed by atoms with Gasteiger partial charge in [-0.05, 0) is 36.6 Å². The number of imide groups is 1. The highest BCUT2D eigenvalue weighted by Crippen LogP contribution is 2.28. The van der Waals surface area contributed by atoms with E-state index in [0.717, 1.165) is 31.2 Å². The lowest BCUT2D eigenvalue weighted by molar-refractivity contribution is 0.0879. The zero-order chi connectivity index (χ0) is 15.5. The molecule has 6 heteroatoms. The van der Waals surface area contributed by atoms with Gasteiger partial charge in [0.1, 0.15) is 0 Å². The van der Waals surface area contributed by atoms with Gasteiger partial charge in [-0.3, -0.25) is 14.9 Å². The second-order valence-electron chi connectivity index (χ2n) is 5.25. The Bertz CT molecular complexity index is 708. The smallest absolute Gasteiger partial charge is 0.259 e. The number of aromatic nitrogens is 2. The van der Waals surface area contributed by atoms with Gasteiger partial charge in [-0.1, -0.05) is 19.8 Å². The zero-order valence-electron chi connectivity index (χ0n) is 12.3. The van der Waals surface area contributed by atoms with Crippen molar-refractivity contribution in [2.45, 2.75) is 32.6 Å². The van der Waals surface area contributed by atoms with Crippen molar-refractivity contribution in [2.75, 3.05) is 0 Å². The van der Waals surface area contributed by atoms with Gasteiger partial charge < -0.3 is 4.84 Å². The van der Waals surface area contributed by atoms with Crippen LogP contribution in [0.25, 0.3) is 0 Å². The SMILES string of the molecule is CCCCCc1cc(On2cccn2)cc2c1C(=O)NC2=O. The molecule has 0 saturated heterocycles. The predicted octanol–water partition coefficient (Wildman–Crippen LogP) is 2.34. The average molecular weight is 299 g/mol. The van der Waals surface area contributed by atoms with E-state index >= 15 is 0 Å². The molecule has 0 aliphatic carbocycles. The summed E-state index contributed by atoms with van der Waals surface area (Å²) in [5.41, 5.74) is 1.70. The molecule has 0 fully saturated rings. The van der Waals surface area contributed by atoms with Crippen LogP contribution >= 0.6 is 0 Å². The summed E-state index contributed by atoms with van der Waals surface area (Å²) in [4.78, 5) is 30.8. The number of hydrogen-bond acceptors (Lipinski definition) is 4. The van der Waals surface area contributed by atoms with Crippen LogP contribution < -0.4 is 10.2 Å². The molecule has 22 heavy (non-hydrogen) atoms. The Morgan fingerprint density at radius 1 is 1.23 bits per heavy atom. The summed E-state index contributed by atoms with van der Waals surface area (Å²) in [6.45, 7) is 2.12. The molecular weight excluding hydrogens is 282 g/mol. The predicted molar refractivity (Wildman–Crippen MR) is 79.7 cm³/mol. The number of rotatable bonds is 6. The van der Waals surface area contributed by atoms with E-state index in [1.807, 2.05) is 6.07 Å². The van der Waals surface area contributed by atoms with Gasteiger partial charge in [0.2, 0.25) is 0 Å². The topological polar surface area (TPSA) is 73.2 Å². The van der Waals surface area contributed by atoms with Gasteiger partial charge in [-0.2, -0.15) is 0 Å². The van der Waals surface area contributed by atoms with Gasteiger partial charge >= 0.3 is 0 Å². The van der Waals surface area contributed by atoms with E-state index < -0.39 is 0 Å². The third-order valence-corrected chi connectivity index (χ3v) is 3.62. The summed E-state index contributed by atoms with van der Waals surface area (Å²) in [5, 5.41) is 6.31. The fraction of sp³-hybridized carbons (Fsp3) is 0.312. The minimum atomic E-state index is -0.373. The molecule has 114 valence electrons. The first-order valence-electron chi connectivity index (χ1n) is 7.39. The van der Waals surface area contributed by atoms with E-state index in [-0.39, 0.29) is 11.8 Å². The van der Waals surface area contributed by atoms with Gasteiger partial charge in [0.05, 0.1) is 23.5 Å². The van der Waals surface area contributed by atoms with Crippen molar-refractivity contribution in [3.05, 3.63) is 47.3 Å². The van der Waals surface area contributed by atoms with E-state index in [4.69, 9.17) is 4.84 Å². The Morgan fingerprint density at radius 3 is 2.82 bits per heavy atom. The maximum atomic E-state index is 12.0. The van der Waals surface area contributed by atoms with Crippen LogP contribution in [0, 0.1) is 0 Å². The highest BCUT2D eigenvalue weighted by molar-refractivity contribution is 6.22. The molecule has 2 amide bonds. The summed E-state index contributed by atoms with van der Waals surface area (Å²) in [6, 6.07) is 5.14. The van der Waals surface area contributed by atoms with Crippen LogP contribution in [0.4, 0.5) is 0 Å². The van der Waals surface area contributed by atoms with E-state index in [1.165, 1.54) is 4.85 Å². The maximum Gasteiger partial charge on any atom is 0.259 e. The fourth-order valence-corrected chi connectivity index (χ4v) is 2.59. The van der Waals surface area contributed by atoms with Crippen molar-refractivity contribution in [3.8, 4) is 5.75 Å². The van der Waals surface area contributed by atoms with Gasteiger partial charge in [-0.15, -0.1) is 9.94 Å². The number of nitrogens with one attached hydrogen (secondary N) is 1. The average Bonchev–Trinajstić information content (AvgIpc) is 3.08. The van der Waals surface area contributed by atoms with E-state index in [1.54, 1.807) is 24.5 Å². The molecule has 0 bridgehead atoms. The van der Waals surface area contributed by atoms with Gasteiger partial charge in [-0.25, -0.2) is 0 Å². The third-order valence-electron chi connectivity index (χ3n) is 3.62. The quantitative estimate of drug-likeness (QED) is 0.656. The highest BCUT2D eigenvalue weighted by Gasteiger charge is 2.30. The van der Waals surface area contributed by atoms with Crippen molar-refractivity contribution < 1.29 is 14.4 Å². The van der Waals surface area contributed by atoms with Crippen LogP contribution in [0.2, 0.25) is 0 Å². The summed E-state index contributed by atoms with van der Waals surface area (Å²) >= 11 is 0. The second-order valence-corrected chi connectivity index (χ2v) is 5.25. The number of carbonyl (C=O) groups excluding carboxylic acids is 2. The van der Waals surface area contributed by atoms with Gasteiger partial charge in [0, 0.05) is 0 Å². The Hall–Kier alpha value is -2.63. The molecule has 1 aliphatic rings. The number of hydrogen-bond donors (Lipinski definition) is 1. The molecule has 0 saturated carbocycles. The Labute approximate surface area is 128 Å². The normalized spacial score (nSPS) is 13.1. The number of aryl methyl sites for hydroxylation is 1. The van der Waals surface area contributed by atoms with Crippen LogP contribution in [-0.4, -0.2) is 21.8 Å². The Morgan fingerprint density at radius 2 is 2.09 bits per heavy atom. The maximum absolute atomic E-state index is 12.0. The van der Waals surface area contributed by atoms with E-state index in [2.05, 4.69) is 17.3 Å². The minimum absolute atomic E-state index is 0.322. The number of fused-ring (bicyclic) bond motifs is 1. The third kappa shape index (κ3) is 2.72. The van der Waals surface area contributed by atoms with Crippen LogP contribution in [0.1, 0.15) is 52.5 Å². The number of carbonyl (C=O) groups is 2. The molecule has 1 aliphatic heterocycles. The molecular formula is C16H17N3O3. The Balaban J connectivity index is 1.95. The summed E-state index contributed by atoms with van der Waals surface area (Å²) in [7, 11) is 0. The minimum Gasteiger partial charge on any atom is -0.358 e. The first kappa shape index (κ1) is 14.3. The first-order valence-corrected chi connectivity index (χ1v) is 7.39. The lowest BCUT2D eigenvalue weighted by Crippen LogP contribution is -2.20. The van der Waals surface area contributed by atoms with E-state index in [9.17, 15) is 9.59 Å². The van der Waals surface area contributed by atoms with Crippen molar-refractivity contribution >= 4 is 11.8 Å². The number of amides is 2. The fourth-order valence-electron chi connectivity index (χ4n) is 2.59. The first-order chi connectivity index (χ1) is 10.7. The molecule has 0 radical (unpaired) electrons. The van der Waals surface area contributed by atoms with Gasteiger partial charge in [0.15, 0.2) is 5.75 Å². The number of benzene rings is 1. The molecule has 0 unspecified atom stereocenters. The molecule has 6 nitrogen and oxygen atoms in total. The van der Waals surface area contributed by atoms with Crippen LogP contribution in [0.3, 0.4) is 0 Å². The molecule has 1 N–H and O–H groups in total. The molecule has 1 aromatic carbocycles. The number of nitrogens with zero attached hydrogens (tertiary/aromatic N) is 2. The van der Waals surface area contributed by atoms with Crippen LogP contribution in [0.5, 0.6) is 5.75 Å². The largest absolute Gasteiger partial charge is 0.358 e. The molecule has 2 aromatic rings. The lowest BCUT2D eigenvalue weighted by atomic mass is 9.97.